The summed E-state index contributed by atoms with van der Waals surface area (Å²) in [7, 11) is 0. The smallest absolute Gasteiger partial charge is 0.263 e. The zero-order valence-electron chi connectivity index (χ0n) is 17.3. The summed E-state index contributed by atoms with van der Waals surface area (Å²) in [5.41, 5.74) is 2.28. The van der Waals surface area contributed by atoms with Crippen molar-refractivity contribution in [2.24, 2.45) is 10.3 Å². The minimum atomic E-state index is -0.891. The zero-order chi connectivity index (χ0) is 22.4. The van der Waals surface area contributed by atoms with Crippen LogP contribution in [0, 0.1) is 0 Å². The first-order valence-electron chi connectivity index (χ1n) is 10.2. The zero-order valence-corrected chi connectivity index (χ0v) is 18.1. The van der Waals surface area contributed by atoms with Crippen LogP contribution in [-0.4, -0.2) is 39.0 Å². The molecule has 2 aromatic carbocycles. The average Bonchev–Trinajstić information content (AvgIpc) is 3.47. The summed E-state index contributed by atoms with van der Waals surface area (Å²) in [5.74, 6) is 0.139. The summed E-state index contributed by atoms with van der Waals surface area (Å²) < 4.78 is 5.32. The van der Waals surface area contributed by atoms with E-state index in [4.69, 9.17) is 16.1 Å². The number of carbonyl (C=O) groups excluding carboxylic acids is 2. The van der Waals surface area contributed by atoms with E-state index in [0.29, 0.717) is 28.0 Å². The van der Waals surface area contributed by atoms with Gasteiger partial charge in [0.15, 0.2) is 12.1 Å². The normalized spacial score (nSPS) is 20.0. The van der Waals surface area contributed by atoms with Crippen LogP contribution >= 0.6 is 11.6 Å². The number of hydrogen-bond donors (Lipinski definition) is 0. The van der Waals surface area contributed by atoms with E-state index >= 15 is 0 Å². The number of anilines is 1. The molecular weight excluding hydrogens is 432 g/mol. The van der Waals surface area contributed by atoms with E-state index in [1.54, 1.807) is 24.3 Å². The topological polar surface area (TPSA) is 104 Å². The third-order valence-corrected chi connectivity index (χ3v) is 5.89. The first kappa shape index (κ1) is 20.3. The standard InChI is InChI=1S/C22H19ClN6O3/c1-12(2)13-7-9-14(10-8-13)29-21(30)18-19(22(29)31)28(27-25-18)11-17-24-20(26-32-17)15-5-3-4-6-16(15)23/h3-10,12,18-19H,11H2,1-2H3/t18-,19-/m1/s1. The predicted molar refractivity (Wildman–Crippen MR) is 116 cm³/mol. The molecule has 2 amide bonds. The summed E-state index contributed by atoms with van der Waals surface area (Å²) >= 11 is 6.19. The van der Waals surface area contributed by atoms with Crippen molar-refractivity contribution in [3.8, 4) is 11.4 Å². The van der Waals surface area contributed by atoms with E-state index in [1.165, 1.54) is 9.91 Å². The Bertz CT molecular complexity index is 1220. The molecule has 0 bridgehead atoms. The SMILES string of the molecule is CC(C)c1ccc(N2C(=O)[C@@H]3N=NN(Cc4nc(-c5ccccc5Cl)no4)[C@H]3C2=O)cc1. The third-order valence-electron chi connectivity index (χ3n) is 5.56. The highest BCUT2D eigenvalue weighted by molar-refractivity contribution is 6.33. The number of imide groups is 1. The molecule has 9 nitrogen and oxygen atoms in total. The molecule has 0 N–H and O–H groups in total. The Balaban J connectivity index is 1.35. The second-order valence-corrected chi connectivity index (χ2v) is 8.35. The summed E-state index contributed by atoms with van der Waals surface area (Å²) in [6.07, 6.45) is 0. The van der Waals surface area contributed by atoms with E-state index in [1.807, 2.05) is 24.3 Å². The molecule has 2 aliphatic heterocycles. The molecule has 0 spiro atoms. The number of aromatic nitrogens is 2. The molecule has 2 aliphatic rings. The van der Waals surface area contributed by atoms with E-state index in [2.05, 4.69) is 34.3 Å². The molecule has 0 saturated carbocycles. The Kier molecular flexibility index (Phi) is 4.97. The van der Waals surface area contributed by atoms with Crippen molar-refractivity contribution in [3.63, 3.8) is 0 Å². The van der Waals surface area contributed by atoms with Gasteiger partial charge in [0.1, 0.15) is 6.54 Å². The van der Waals surface area contributed by atoms with Crippen molar-refractivity contribution in [2.75, 3.05) is 4.90 Å². The van der Waals surface area contributed by atoms with Crippen LogP contribution in [0.25, 0.3) is 11.4 Å². The van der Waals surface area contributed by atoms with Crippen molar-refractivity contribution in [1.29, 1.82) is 0 Å². The van der Waals surface area contributed by atoms with Crippen molar-refractivity contribution >= 4 is 29.1 Å². The number of halogens is 1. The lowest BCUT2D eigenvalue weighted by Gasteiger charge is -2.19. The molecule has 32 heavy (non-hydrogen) atoms. The second kappa shape index (κ2) is 7.83. The molecule has 0 unspecified atom stereocenters. The Morgan fingerprint density at radius 3 is 2.53 bits per heavy atom. The van der Waals surface area contributed by atoms with Gasteiger partial charge in [0, 0.05) is 5.56 Å². The summed E-state index contributed by atoms with van der Waals surface area (Å²) in [5, 5.41) is 13.9. The molecule has 1 aromatic heterocycles. The van der Waals surface area contributed by atoms with Gasteiger partial charge >= 0.3 is 0 Å². The van der Waals surface area contributed by atoms with Crippen LogP contribution in [0.15, 0.2) is 63.4 Å². The fourth-order valence-electron chi connectivity index (χ4n) is 3.83. The molecule has 0 radical (unpaired) electrons. The van der Waals surface area contributed by atoms with Crippen LogP contribution < -0.4 is 4.90 Å². The fraction of sp³-hybridized carbons (Fsp3) is 0.273. The predicted octanol–water partition coefficient (Wildman–Crippen LogP) is 4.01. The van der Waals surface area contributed by atoms with Gasteiger partial charge in [-0.05, 0) is 35.7 Å². The Labute approximate surface area is 188 Å². The molecule has 1 fully saturated rings. The first-order chi connectivity index (χ1) is 15.4. The first-order valence-corrected chi connectivity index (χ1v) is 10.5. The van der Waals surface area contributed by atoms with Gasteiger partial charge in [0.25, 0.3) is 11.8 Å². The number of fused-ring (bicyclic) bond motifs is 1. The van der Waals surface area contributed by atoms with Gasteiger partial charge in [-0.3, -0.25) is 14.6 Å². The highest BCUT2D eigenvalue weighted by Gasteiger charge is 2.55. The molecule has 1 saturated heterocycles. The van der Waals surface area contributed by atoms with E-state index in [0.717, 1.165) is 5.56 Å². The van der Waals surface area contributed by atoms with E-state index in [9.17, 15) is 9.59 Å². The minimum Gasteiger partial charge on any atom is -0.337 e. The third kappa shape index (κ3) is 3.34. The molecule has 2 atom stereocenters. The number of carbonyl (C=O) groups is 2. The van der Waals surface area contributed by atoms with Gasteiger partial charge in [-0.1, -0.05) is 60.1 Å². The average molecular weight is 451 g/mol. The Hall–Kier alpha value is -3.59. The highest BCUT2D eigenvalue weighted by atomic mass is 35.5. The maximum atomic E-state index is 13.1. The number of amides is 2. The molecular formula is C22H19ClN6O3. The van der Waals surface area contributed by atoms with Crippen LogP contribution in [-0.2, 0) is 16.1 Å². The van der Waals surface area contributed by atoms with Gasteiger partial charge in [0.05, 0.1) is 10.7 Å². The van der Waals surface area contributed by atoms with Gasteiger partial charge < -0.3 is 4.52 Å². The quantitative estimate of drug-likeness (QED) is 0.544. The fourth-order valence-corrected chi connectivity index (χ4v) is 4.05. The Morgan fingerprint density at radius 1 is 1.06 bits per heavy atom. The van der Waals surface area contributed by atoms with Gasteiger partial charge in [0.2, 0.25) is 11.7 Å². The summed E-state index contributed by atoms with van der Waals surface area (Å²) in [6, 6.07) is 12.8. The summed E-state index contributed by atoms with van der Waals surface area (Å²) in [4.78, 5) is 31.6. The van der Waals surface area contributed by atoms with Crippen molar-refractivity contribution in [2.45, 2.75) is 38.4 Å². The monoisotopic (exact) mass is 450 g/mol. The molecule has 3 heterocycles. The number of nitrogens with zero attached hydrogens (tertiary/aromatic N) is 6. The summed E-state index contributed by atoms with van der Waals surface area (Å²) in [6.45, 7) is 4.21. The Morgan fingerprint density at radius 2 is 1.81 bits per heavy atom. The number of rotatable bonds is 5. The number of benzene rings is 2. The minimum absolute atomic E-state index is 0.0429. The second-order valence-electron chi connectivity index (χ2n) is 7.94. The maximum absolute atomic E-state index is 13.1. The lowest BCUT2D eigenvalue weighted by molar-refractivity contribution is -0.123. The molecule has 3 aromatic rings. The van der Waals surface area contributed by atoms with Crippen molar-refractivity contribution in [1.82, 2.24) is 15.1 Å². The lowest BCUT2D eigenvalue weighted by atomic mass is 10.0. The molecule has 5 rings (SSSR count). The van der Waals surface area contributed by atoms with Gasteiger partial charge in [-0.15, -0.1) is 0 Å². The van der Waals surface area contributed by atoms with Crippen LogP contribution in [0.3, 0.4) is 0 Å². The highest BCUT2D eigenvalue weighted by Crippen LogP contribution is 2.33. The lowest BCUT2D eigenvalue weighted by Crippen LogP contribution is -2.39. The van der Waals surface area contributed by atoms with Crippen LogP contribution in [0.2, 0.25) is 5.02 Å². The number of hydrogen-bond acceptors (Lipinski definition) is 8. The molecule has 10 heteroatoms. The van der Waals surface area contributed by atoms with Crippen LogP contribution in [0.5, 0.6) is 0 Å². The molecule has 162 valence electrons. The van der Waals surface area contributed by atoms with E-state index in [-0.39, 0.29) is 18.3 Å². The van der Waals surface area contributed by atoms with Crippen molar-refractivity contribution < 1.29 is 14.1 Å². The van der Waals surface area contributed by atoms with Crippen LogP contribution in [0.1, 0.15) is 31.2 Å². The van der Waals surface area contributed by atoms with Gasteiger partial charge in [-0.25, -0.2) is 4.90 Å². The van der Waals surface area contributed by atoms with Crippen LogP contribution in [0.4, 0.5) is 5.69 Å². The maximum Gasteiger partial charge on any atom is 0.263 e. The molecule has 0 aliphatic carbocycles. The van der Waals surface area contributed by atoms with Gasteiger partial charge in [-0.2, -0.15) is 10.1 Å². The van der Waals surface area contributed by atoms with Crippen molar-refractivity contribution in [3.05, 3.63) is 65.0 Å². The largest absolute Gasteiger partial charge is 0.337 e. The van der Waals surface area contributed by atoms with E-state index < -0.39 is 18.0 Å².